The number of thiazole rings is 1. The number of hydrogen-bond acceptors (Lipinski definition) is 3. The molecule has 2 aromatic rings. The van der Waals surface area contributed by atoms with Crippen molar-refractivity contribution in [3.8, 4) is 0 Å². The third kappa shape index (κ3) is 2.79. The second-order valence-electron chi connectivity index (χ2n) is 5.77. The van der Waals surface area contributed by atoms with Crippen LogP contribution >= 0.6 is 11.3 Å². The molecule has 1 aromatic carbocycles. The van der Waals surface area contributed by atoms with Gasteiger partial charge in [-0.1, -0.05) is 24.3 Å². The van der Waals surface area contributed by atoms with Crippen LogP contribution in [-0.2, 0) is 12.8 Å². The summed E-state index contributed by atoms with van der Waals surface area (Å²) >= 11 is 1.80. The summed E-state index contributed by atoms with van der Waals surface area (Å²) in [5.74, 6) is 0. The number of aryl methyl sites for hydroxylation is 3. The summed E-state index contributed by atoms with van der Waals surface area (Å²) < 4.78 is 0. The van der Waals surface area contributed by atoms with Crippen LogP contribution in [0.25, 0.3) is 0 Å². The Labute approximate surface area is 125 Å². The zero-order chi connectivity index (χ0) is 14.1. The van der Waals surface area contributed by atoms with Gasteiger partial charge in [0.15, 0.2) is 0 Å². The normalized spacial score (nSPS) is 19.6. The number of hydrogen-bond donors (Lipinski definition) is 1. The first kappa shape index (κ1) is 13.8. The van der Waals surface area contributed by atoms with Crippen molar-refractivity contribution in [2.75, 3.05) is 0 Å². The van der Waals surface area contributed by atoms with Gasteiger partial charge in [0.2, 0.25) is 0 Å². The fraction of sp³-hybridized carbons (Fsp3) is 0.471. The number of nitrogens with zero attached hydrogens (tertiary/aromatic N) is 1. The maximum absolute atomic E-state index is 4.68. The Morgan fingerprint density at radius 3 is 2.70 bits per heavy atom. The van der Waals surface area contributed by atoms with Crippen molar-refractivity contribution in [3.05, 3.63) is 51.0 Å². The van der Waals surface area contributed by atoms with E-state index in [9.17, 15) is 0 Å². The summed E-state index contributed by atoms with van der Waals surface area (Å²) in [6.45, 7) is 6.50. The molecule has 1 N–H and O–H groups in total. The lowest BCUT2D eigenvalue weighted by Crippen LogP contribution is -2.36. The zero-order valence-electron chi connectivity index (χ0n) is 12.4. The molecule has 0 radical (unpaired) electrons. The van der Waals surface area contributed by atoms with E-state index in [1.165, 1.54) is 39.5 Å². The largest absolute Gasteiger partial charge is 0.306 e. The highest BCUT2D eigenvalue weighted by molar-refractivity contribution is 7.11. The van der Waals surface area contributed by atoms with Crippen LogP contribution < -0.4 is 5.32 Å². The van der Waals surface area contributed by atoms with Gasteiger partial charge < -0.3 is 5.32 Å². The maximum Gasteiger partial charge on any atom is 0.0900 e. The molecule has 2 atom stereocenters. The molecule has 0 aliphatic heterocycles. The minimum Gasteiger partial charge on any atom is -0.306 e. The average molecular weight is 286 g/mol. The summed E-state index contributed by atoms with van der Waals surface area (Å²) in [7, 11) is 0. The molecule has 0 amide bonds. The zero-order valence-corrected chi connectivity index (χ0v) is 13.3. The molecular formula is C17H22N2S. The second kappa shape index (κ2) is 5.66. The van der Waals surface area contributed by atoms with Gasteiger partial charge in [-0.15, -0.1) is 11.3 Å². The molecular weight excluding hydrogens is 264 g/mol. The summed E-state index contributed by atoms with van der Waals surface area (Å²) in [6, 6.07) is 9.75. The molecule has 20 heavy (non-hydrogen) atoms. The lowest BCUT2D eigenvalue weighted by Gasteiger charge is -2.28. The minimum atomic E-state index is 0.343. The van der Waals surface area contributed by atoms with Crippen LogP contribution in [0.2, 0.25) is 0 Å². The van der Waals surface area contributed by atoms with Crippen LogP contribution in [-0.4, -0.2) is 11.0 Å². The van der Waals surface area contributed by atoms with E-state index < -0.39 is 0 Å². The third-order valence-corrected chi connectivity index (χ3v) is 5.08. The molecule has 106 valence electrons. The van der Waals surface area contributed by atoms with E-state index in [2.05, 4.69) is 55.3 Å². The number of fused-ring (bicyclic) bond motifs is 1. The lowest BCUT2D eigenvalue weighted by atomic mass is 9.88. The Morgan fingerprint density at radius 2 is 2.00 bits per heavy atom. The number of aromatic nitrogens is 1. The Hall–Kier alpha value is -1.19. The highest BCUT2D eigenvalue weighted by atomic mass is 32.1. The smallest absolute Gasteiger partial charge is 0.0900 e. The maximum atomic E-state index is 4.68. The molecule has 1 aliphatic rings. The standard InChI is InChI=1S/C17H22N2S/c1-11(17-12(2)20-13(3)19-17)18-16-9-8-14-6-4-5-7-15(14)10-16/h4-7,11,16,18H,8-10H2,1-3H3. The van der Waals surface area contributed by atoms with Crippen molar-refractivity contribution < 1.29 is 0 Å². The molecule has 0 spiro atoms. The van der Waals surface area contributed by atoms with Gasteiger partial charge in [-0.2, -0.15) is 0 Å². The highest BCUT2D eigenvalue weighted by Crippen LogP contribution is 2.26. The monoisotopic (exact) mass is 286 g/mol. The van der Waals surface area contributed by atoms with E-state index in [1.54, 1.807) is 11.3 Å². The minimum absolute atomic E-state index is 0.343. The molecule has 2 nitrogen and oxygen atoms in total. The van der Waals surface area contributed by atoms with E-state index in [0.29, 0.717) is 12.1 Å². The third-order valence-electron chi connectivity index (χ3n) is 4.18. The molecule has 1 aromatic heterocycles. The first-order valence-electron chi connectivity index (χ1n) is 7.40. The van der Waals surface area contributed by atoms with Crippen LogP contribution in [0.3, 0.4) is 0 Å². The fourth-order valence-corrected chi connectivity index (χ4v) is 4.13. The Morgan fingerprint density at radius 1 is 1.25 bits per heavy atom. The van der Waals surface area contributed by atoms with Gasteiger partial charge in [0.1, 0.15) is 0 Å². The van der Waals surface area contributed by atoms with Gasteiger partial charge in [0.25, 0.3) is 0 Å². The van der Waals surface area contributed by atoms with Crippen molar-refractivity contribution >= 4 is 11.3 Å². The Balaban J connectivity index is 1.69. The molecule has 2 unspecified atom stereocenters. The van der Waals surface area contributed by atoms with Gasteiger partial charge in [-0.05, 0) is 51.2 Å². The van der Waals surface area contributed by atoms with Crippen LogP contribution in [0, 0.1) is 13.8 Å². The molecule has 1 heterocycles. The molecule has 3 heteroatoms. The van der Waals surface area contributed by atoms with Crippen LogP contribution in [0.1, 0.15) is 46.1 Å². The van der Waals surface area contributed by atoms with E-state index >= 15 is 0 Å². The molecule has 0 saturated heterocycles. The van der Waals surface area contributed by atoms with Gasteiger partial charge in [-0.25, -0.2) is 4.98 Å². The number of benzene rings is 1. The van der Waals surface area contributed by atoms with Gasteiger partial charge in [-0.3, -0.25) is 0 Å². The average Bonchev–Trinajstić information content (AvgIpc) is 2.78. The predicted octanol–water partition coefficient (Wildman–Crippen LogP) is 3.97. The lowest BCUT2D eigenvalue weighted by molar-refractivity contribution is 0.409. The van der Waals surface area contributed by atoms with Crippen molar-refractivity contribution in [1.29, 1.82) is 0 Å². The van der Waals surface area contributed by atoms with Gasteiger partial charge >= 0.3 is 0 Å². The molecule has 0 saturated carbocycles. The van der Waals surface area contributed by atoms with Crippen LogP contribution in [0.4, 0.5) is 0 Å². The summed E-state index contributed by atoms with van der Waals surface area (Å²) in [4.78, 5) is 6.02. The summed E-state index contributed by atoms with van der Waals surface area (Å²) in [6.07, 6.45) is 3.56. The Kier molecular flexibility index (Phi) is 3.90. The van der Waals surface area contributed by atoms with Crippen LogP contribution in [0.15, 0.2) is 24.3 Å². The van der Waals surface area contributed by atoms with E-state index in [1.807, 2.05) is 0 Å². The van der Waals surface area contributed by atoms with E-state index in [0.717, 1.165) is 6.42 Å². The van der Waals surface area contributed by atoms with Crippen LogP contribution in [0.5, 0.6) is 0 Å². The van der Waals surface area contributed by atoms with Crippen molar-refractivity contribution in [2.24, 2.45) is 0 Å². The molecule has 1 aliphatic carbocycles. The first-order valence-corrected chi connectivity index (χ1v) is 8.22. The van der Waals surface area contributed by atoms with E-state index in [4.69, 9.17) is 0 Å². The molecule has 3 rings (SSSR count). The second-order valence-corrected chi connectivity index (χ2v) is 7.18. The number of nitrogens with one attached hydrogen (secondary N) is 1. The topological polar surface area (TPSA) is 24.9 Å². The van der Waals surface area contributed by atoms with Crippen molar-refractivity contribution in [3.63, 3.8) is 0 Å². The predicted molar refractivity (Wildman–Crippen MR) is 85.4 cm³/mol. The van der Waals surface area contributed by atoms with Crippen molar-refractivity contribution in [2.45, 2.75) is 52.1 Å². The number of rotatable bonds is 3. The quantitative estimate of drug-likeness (QED) is 0.923. The first-order chi connectivity index (χ1) is 9.63. The fourth-order valence-electron chi connectivity index (χ4n) is 3.22. The van der Waals surface area contributed by atoms with Gasteiger partial charge in [0.05, 0.1) is 10.7 Å². The summed E-state index contributed by atoms with van der Waals surface area (Å²) in [5.41, 5.74) is 4.26. The Bertz CT molecular complexity index is 603. The SMILES string of the molecule is Cc1nc(C(C)NC2CCc3ccccc3C2)c(C)s1. The van der Waals surface area contributed by atoms with Gasteiger partial charge in [0, 0.05) is 17.0 Å². The molecule has 0 fully saturated rings. The molecule has 0 bridgehead atoms. The van der Waals surface area contributed by atoms with E-state index in [-0.39, 0.29) is 0 Å². The summed E-state index contributed by atoms with van der Waals surface area (Å²) in [5, 5.41) is 4.94. The van der Waals surface area contributed by atoms with Crippen molar-refractivity contribution in [1.82, 2.24) is 10.3 Å². The highest BCUT2D eigenvalue weighted by Gasteiger charge is 2.21.